The highest BCUT2D eigenvalue weighted by Gasteiger charge is 2.42. The third-order valence-electron chi connectivity index (χ3n) is 5.61. The first-order valence-corrected chi connectivity index (χ1v) is 9.58. The molecule has 2 amide bonds. The van der Waals surface area contributed by atoms with Crippen molar-refractivity contribution >= 4 is 11.8 Å². The van der Waals surface area contributed by atoms with Crippen LogP contribution >= 0.6 is 0 Å². The third kappa shape index (κ3) is 4.61. The van der Waals surface area contributed by atoms with E-state index in [-0.39, 0.29) is 17.2 Å². The summed E-state index contributed by atoms with van der Waals surface area (Å²) in [7, 11) is 3.99. The van der Waals surface area contributed by atoms with E-state index in [1.165, 1.54) is 0 Å². The maximum absolute atomic E-state index is 12.6. The summed E-state index contributed by atoms with van der Waals surface area (Å²) in [6.45, 7) is 3.72. The number of hydrogen-bond acceptors (Lipinski definition) is 4. The third-order valence-corrected chi connectivity index (χ3v) is 5.61. The van der Waals surface area contributed by atoms with Gasteiger partial charge in [0.1, 0.15) is 0 Å². The second kappa shape index (κ2) is 8.16. The van der Waals surface area contributed by atoms with Crippen molar-refractivity contribution in [3.63, 3.8) is 0 Å². The smallest absolute Gasteiger partial charge is 0.223 e. The molecule has 1 atom stereocenters. The molecule has 3 rings (SSSR count). The molecule has 1 aromatic rings. The van der Waals surface area contributed by atoms with E-state index in [2.05, 4.69) is 4.98 Å². The molecule has 0 aromatic carbocycles. The number of likely N-dealkylation sites (tertiary alicyclic amines) is 2. The Kier molecular flexibility index (Phi) is 5.91. The largest absolute Gasteiger partial charge is 0.342 e. The standard InChI is InChI=1S/C20H30N4O2/c1-22(2)13-8-19(26)23-12-5-9-20(15-23)10-7-18(25)24(16-20)14-17-6-3-4-11-21-17/h3-4,6,11H,5,7-10,12-16H2,1-2H3/t20-/m0/s1. The van der Waals surface area contributed by atoms with Crippen molar-refractivity contribution in [1.82, 2.24) is 19.7 Å². The number of nitrogens with zero attached hydrogens (tertiary/aromatic N) is 4. The Balaban J connectivity index is 1.64. The van der Waals surface area contributed by atoms with Crippen LogP contribution in [0, 0.1) is 5.41 Å². The monoisotopic (exact) mass is 358 g/mol. The zero-order valence-corrected chi connectivity index (χ0v) is 16.0. The summed E-state index contributed by atoms with van der Waals surface area (Å²) < 4.78 is 0. The maximum Gasteiger partial charge on any atom is 0.223 e. The number of carbonyl (C=O) groups is 2. The SMILES string of the molecule is CN(C)CCC(=O)N1CCC[C@]2(CCC(=O)N(Cc3ccccn3)C2)C1. The van der Waals surface area contributed by atoms with E-state index in [1.54, 1.807) is 6.20 Å². The molecule has 26 heavy (non-hydrogen) atoms. The molecule has 142 valence electrons. The molecule has 0 aliphatic carbocycles. The van der Waals surface area contributed by atoms with E-state index in [1.807, 2.05) is 47.0 Å². The zero-order chi connectivity index (χ0) is 18.6. The Bertz CT molecular complexity index is 634. The van der Waals surface area contributed by atoms with Crippen LogP contribution in [0.25, 0.3) is 0 Å². The van der Waals surface area contributed by atoms with Gasteiger partial charge in [0.25, 0.3) is 0 Å². The van der Waals surface area contributed by atoms with Gasteiger partial charge in [0.05, 0.1) is 12.2 Å². The molecule has 2 aliphatic heterocycles. The van der Waals surface area contributed by atoms with Crippen molar-refractivity contribution in [1.29, 1.82) is 0 Å². The van der Waals surface area contributed by atoms with E-state index in [4.69, 9.17) is 0 Å². The molecule has 0 bridgehead atoms. The summed E-state index contributed by atoms with van der Waals surface area (Å²) in [5, 5.41) is 0. The molecular weight excluding hydrogens is 328 g/mol. The predicted octanol–water partition coefficient (Wildman–Crippen LogP) is 1.76. The average molecular weight is 358 g/mol. The number of pyridine rings is 1. The minimum absolute atomic E-state index is 0.0503. The summed E-state index contributed by atoms with van der Waals surface area (Å²) in [4.78, 5) is 35.4. The summed E-state index contributed by atoms with van der Waals surface area (Å²) in [5.74, 6) is 0.447. The van der Waals surface area contributed by atoms with Gasteiger partial charge in [-0.05, 0) is 45.5 Å². The Hall–Kier alpha value is -1.95. The van der Waals surface area contributed by atoms with Gasteiger partial charge in [0, 0.05) is 50.6 Å². The molecule has 2 fully saturated rings. The first-order valence-electron chi connectivity index (χ1n) is 9.58. The highest BCUT2D eigenvalue weighted by atomic mass is 16.2. The van der Waals surface area contributed by atoms with Crippen LogP contribution in [-0.4, -0.2) is 71.8 Å². The average Bonchev–Trinajstić information content (AvgIpc) is 2.64. The van der Waals surface area contributed by atoms with Crippen molar-refractivity contribution < 1.29 is 9.59 Å². The quantitative estimate of drug-likeness (QED) is 0.805. The number of aromatic nitrogens is 1. The summed E-state index contributed by atoms with van der Waals surface area (Å²) >= 11 is 0. The number of carbonyl (C=O) groups excluding carboxylic acids is 2. The molecule has 6 heteroatoms. The van der Waals surface area contributed by atoms with Gasteiger partial charge in [-0.2, -0.15) is 0 Å². The summed E-state index contributed by atoms with van der Waals surface area (Å²) in [6.07, 6.45) is 5.93. The fraction of sp³-hybridized carbons (Fsp3) is 0.650. The van der Waals surface area contributed by atoms with Gasteiger partial charge in [-0.25, -0.2) is 0 Å². The first kappa shape index (κ1) is 18.8. The van der Waals surface area contributed by atoms with Crippen LogP contribution in [0.1, 0.15) is 37.8 Å². The van der Waals surface area contributed by atoms with Gasteiger partial charge in [-0.3, -0.25) is 14.6 Å². The lowest BCUT2D eigenvalue weighted by molar-refractivity contribution is -0.143. The van der Waals surface area contributed by atoms with E-state index in [9.17, 15) is 9.59 Å². The second-order valence-corrected chi connectivity index (χ2v) is 8.04. The predicted molar refractivity (Wildman–Crippen MR) is 100 cm³/mol. The molecule has 1 spiro atoms. The maximum atomic E-state index is 12.6. The fourth-order valence-corrected chi connectivity index (χ4v) is 4.16. The Morgan fingerprint density at radius 2 is 2.12 bits per heavy atom. The number of amides is 2. The fourth-order valence-electron chi connectivity index (χ4n) is 4.16. The lowest BCUT2D eigenvalue weighted by Crippen LogP contribution is -2.55. The van der Waals surface area contributed by atoms with Crippen LogP contribution in [0.5, 0.6) is 0 Å². The van der Waals surface area contributed by atoms with Crippen LogP contribution in [0.15, 0.2) is 24.4 Å². The molecule has 0 radical (unpaired) electrons. The number of hydrogen-bond donors (Lipinski definition) is 0. The topological polar surface area (TPSA) is 56.8 Å². The van der Waals surface area contributed by atoms with E-state index >= 15 is 0 Å². The Morgan fingerprint density at radius 3 is 2.85 bits per heavy atom. The lowest BCUT2D eigenvalue weighted by Gasteiger charge is -2.48. The Morgan fingerprint density at radius 1 is 1.27 bits per heavy atom. The molecule has 2 aliphatic rings. The zero-order valence-electron chi connectivity index (χ0n) is 16.0. The molecule has 0 N–H and O–H groups in total. The second-order valence-electron chi connectivity index (χ2n) is 8.04. The lowest BCUT2D eigenvalue weighted by atomic mass is 9.73. The first-order chi connectivity index (χ1) is 12.5. The van der Waals surface area contributed by atoms with Gasteiger partial charge in [0.15, 0.2) is 0 Å². The van der Waals surface area contributed by atoms with Crippen LogP contribution in [0.3, 0.4) is 0 Å². The van der Waals surface area contributed by atoms with Crippen molar-refractivity contribution in [2.75, 3.05) is 40.3 Å². The van der Waals surface area contributed by atoms with Crippen molar-refractivity contribution in [2.45, 2.75) is 38.6 Å². The summed E-state index contributed by atoms with van der Waals surface area (Å²) in [5.41, 5.74) is 0.974. The molecule has 2 saturated heterocycles. The van der Waals surface area contributed by atoms with Crippen molar-refractivity contribution in [2.24, 2.45) is 5.41 Å². The minimum atomic E-state index is 0.0503. The van der Waals surface area contributed by atoms with Crippen LogP contribution in [0.2, 0.25) is 0 Å². The van der Waals surface area contributed by atoms with Crippen molar-refractivity contribution in [3.05, 3.63) is 30.1 Å². The van der Waals surface area contributed by atoms with Crippen LogP contribution in [0.4, 0.5) is 0 Å². The van der Waals surface area contributed by atoms with Crippen LogP contribution in [-0.2, 0) is 16.1 Å². The van der Waals surface area contributed by atoms with E-state index in [0.29, 0.717) is 19.4 Å². The van der Waals surface area contributed by atoms with Gasteiger partial charge in [-0.15, -0.1) is 0 Å². The Labute approximate surface area is 156 Å². The molecule has 3 heterocycles. The summed E-state index contributed by atoms with van der Waals surface area (Å²) in [6, 6.07) is 5.81. The van der Waals surface area contributed by atoms with Gasteiger partial charge < -0.3 is 14.7 Å². The highest BCUT2D eigenvalue weighted by Crippen LogP contribution is 2.39. The number of rotatable bonds is 5. The molecule has 1 aromatic heterocycles. The van der Waals surface area contributed by atoms with E-state index in [0.717, 1.165) is 51.1 Å². The molecule has 0 unspecified atom stereocenters. The molecule has 6 nitrogen and oxygen atoms in total. The van der Waals surface area contributed by atoms with Gasteiger partial charge in [0.2, 0.25) is 11.8 Å². The molecule has 0 saturated carbocycles. The van der Waals surface area contributed by atoms with Crippen LogP contribution < -0.4 is 0 Å². The van der Waals surface area contributed by atoms with Gasteiger partial charge in [-0.1, -0.05) is 6.07 Å². The highest BCUT2D eigenvalue weighted by molar-refractivity contribution is 5.78. The normalized spacial score (nSPS) is 23.7. The minimum Gasteiger partial charge on any atom is -0.342 e. The van der Waals surface area contributed by atoms with E-state index < -0.39 is 0 Å². The van der Waals surface area contributed by atoms with Gasteiger partial charge >= 0.3 is 0 Å². The number of piperidine rings is 2. The molecular formula is C20H30N4O2. The van der Waals surface area contributed by atoms with Crippen molar-refractivity contribution in [3.8, 4) is 0 Å².